The predicted molar refractivity (Wildman–Crippen MR) is 117 cm³/mol. The first-order valence-corrected chi connectivity index (χ1v) is 9.49. The van der Waals surface area contributed by atoms with E-state index in [9.17, 15) is 9.59 Å². The third-order valence-electron chi connectivity index (χ3n) is 4.32. The average molecular weight is 418 g/mol. The van der Waals surface area contributed by atoms with Crippen LogP contribution < -0.4 is 19.6 Å². The van der Waals surface area contributed by atoms with Crippen LogP contribution in [0.3, 0.4) is 0 Å². The van der Waals surface area contributed by atoms with Crippen LogP contribution in [0.2, 0.25) is 0 Å². The first kappa shape index (κ1) is 21.6. The van der Waals surface area contributed by atoms with Crippen LogP contribution in [0.1, 0.15) is 21.5 Å². The van der Waals surface area contributed by atoms with Crippen LogP contribution in [0.4, 0.5) is 0 Å². The molecule has 0 spiro atoms. The third kappa shape index (κ3) is 6.17. The van der Waals surface area contributed by atoms with E-state index in [1.165, 1.54) is 20.4 Å². The Morgan fingerprint density at radius 2 is 1.61 bits per heavy atom. The minimum atomic E-state index is -0.518. The molecule has 0 aromatic heterocycles. The third-order valence-corrected chi connectivity index (χ3v) is 4.32. The zero-order chi connectivity index (χ0) is 22.1. The van der Waals surface area contributed by atoms with Gasteiger partial charge in [-0.25, -0.2) is 10.2 Å². The van der Waals surface area contributed by atoms with Crippen molar-refractivity contribution >= 4 is 18.1 Å². The molecule has 158 valence electrons. The molecule has 1 amide bonds. The quantitative estimate of drug-likeness (QED) is 0.261. The monoisotopic (exact) mass is 418 g/mol. The van der Waals surface area contributed by atoms with E-state index in [4.69, 9.17) is 14.2 Å². The summed E-state index contributed by atoms with van der Waals surface area (Å²) in [5, 5.41) is 3.95. The molecular formula is C24H22N2O5. The van der Waals surface area contributed by atoms with Gasteiger partial charge in [0.1, 0.15) is 5.75 Å². The summed E-state index contributed by atoms with van der Waals surface area (Å²) < 4.78 is 15.8. The molecule has 0 aliphatic heterocycles. The van der Waals surface area contributed by atoms with Gasteiger partial charge in [-0.3, -0.25) is 4.79 Å². The van der Waals surface area contributed by atoms with Crippen molar-refractivity contribution in [2.75, 3.05) is 14.2 Å². The van der Waals surface area contributed by atoms with Crippen LogP contribution in [0.5, 0.6) is 17.2 Å². The Morgan fingerprint density at radius 3 is 2.29 bits per heavy atom. The lowest BCUT2D eigenvalue weighted by atomic mass is 10.1. The Bertz CT molecular complexity index is 1060. The maximum absolute atomic E-state index is 12.4. The van der Waals surface area contributed by atoms with Crippen molar-refractivity contribution in [1.82, 2.24) is 5.43 Å². The molecule has 0 aliphatic carbocycles. The van der Waals surface area contributed by atoms with Gasteiger partial charge >= 0.3 is 5.97 Å². The van der Waals surface area contributed by atoms with Crippen molar-refractivity contribution in [3.63, 3.8) is 0 Å². The smallest absolute Gasteiger partial charge is 0.343 e. The second-order valence-electron chi connectivity index (χ2n) is 6.48. The highest BCUT2D eigenvalue weighted by molar-refractivity contribution is 5.92. The van der Waals surface area contributed by atoms with E-state index < -0.39 is 5.97 Å². The molecule has 3 rings (SSSR count). The molecule has 0 bridgehead atoms. The first-order valence-electron chi connectivity index (χ1n) is 9.49. The number of hydrogen-bond donors (Lipinski definition) is 1. The summed E-state index contributed by atoms with van der Waals surface area (Å²) in [6.07, 6.45) is 1.77. The SMILES string of the molecule is COc1ccc(C(=O)Oc2ccc(/C=N/NC(=O)Cc3ccccc3)cc2)cc1OC. The average Bonchev–Trinajstić information content (AvgIpc) is 2.80. The normalized spacial score (nSPS) is 10.5. The van der Waals surface area contributed by atoms with Crippen molar-refractivity contribution in [3.8, 4) is 17.2 Å². The molecule has 1 N–H and O–H groups in total. The standard InChI is InChI=1S/C24H22N2O5/c1-29-21-13-10-19(15-22(21)30-2)24(28)31-20-11-8-18(9-12-20)16-25-26-23(27)14-17-6-4-3-5-7-17/h3-13,15-16H,14H2,1-2H3,(H,26,27)/b25-16+. The van der Waals surface area contributed by atoms with Gasteiger partial charge in [-0.1, -0.05) is 30.3 Å². The molecule has 3 aromatic carbocycles. The van der Waals surface area contributed by atoms with E-state index in [1.807, 2.05) is 30.3 Å². The molecule has 0 saturated heterocycles. The fourth-order valence-electron chi connectivity index (χ4n) is 2.75. The second-order valence-corrected chi connectivity index (χ2v) is 6.48. The molecule has 31 heavy (non-hydrogen) atoms. The number of amides is 1. The van der Waals surface area contributed by atoms with Gasteiger partial charge < -0.3 is 14.2 Å². The highest BCUT2D eigenvalue weighted by Gasteiger charge is 2.13. The fraction of sp³-hybridized carbons (Fsp3) is 0.125. The van der Waals surface area contributed by atoms with Crippen LogP contribution in [-0.4, -0.2) is 32.3 Å². The number of benzene rings is 3. The van der Waals surface area contributed by atoms with E-state index in [1.54, 1.807) is 42.5 Å². The maximum Gasteiger partial charge on any atom is 0.343 e. The second kappa shape index (κ2) is 10.6. The summed E-state index contributed by atoms with van der Waals surface area (Å²) in [7, 11) is 3.02. The maximum atomic E-state index is 12.4. The predicted octanol–water partition coefficient (Wildman–Crippen LogP) is 3.62. The molecule has 3 aromatic rings. The van der Waals surface area contributed by atoms with Gasteiger partial charge in [-0.15, -0.1) is 0 Å². The Balaban J connectivity index is 1.54. The van der Waals surface area contributed by atoms with E-state index in [2.05, 4.69) is 10.5 Å². The van der Waals surface area contributed by atoms with E-state index in [0.29, 0.717) is 22.8 Å². The van der Waals surface area contributed by atoms with Crippen molar-refractivity contribution in [2.45, 2.75) is 6.42 Å². The van der Waals surface area contributed by atoms with Gasteiger partial charge in [0.05, 0.1) is 32.4 Å². The molecule has 0 fully saturated rings. The molecule has 7 nitrogen and oxygen atoms in total. The number of methoxy groups -OCH3 is 2. The van der Waals surface area contributed by atoms with Crippen LogP contribution in [0.15, 0.2) is 77.9 Å². The van der Waals surface area contributed by atoms with Crippen molar-refractivity contribution in [3.05, 3.63) is 89.5 Å². The number of ether oxygens (including phenoxy) is 3. The summed E-state index contributed by atoms with van der Waals surface area (Å²) in [5.41, 5.74) is 4.48. The number of rotatable bonds is 8. The lowest BCUT2D eigenvalue weighted by Gasteiger charge is -2.09. The first-order chi connectivity index (χ1) is 15.1. The number of nitrogens with zero attached hydrogens (tertiary/aromatic N) is 1. The number of carbonyl (C=O) groups is 2. The lowest BCUT2D eigenvalue weighted by Crippen LogP contribution is -2.19. The molecule has 0 atom stereocenters. The number of hydrogen-bond acceptors (Lipinski definition) is 6. The van der Waals surface area contributed by atoms with Gasteiger partial charge in [-0.2, -0.15) is 5.10 Å². The van der Waals surface area contributed by atoms with Gasteiger partial charge in [0, 0.05) is 0 Å². The fourth-order valence-corrected chi connectivity index (χ4v) is 2.75. The lowest BCUT2D eigenvalue weighted by molar-refractivity contribution is -0.120. The molecule has 0 heterocycles. The Labute approximate surface area is 180 Å². The minimum absolute atomic E-state index is 0.206. The van der Waals surface area contributed by atoms with Gasteiger partial charge in [0.2, 0.25) is 5.91 Å². The van der Waals surface area contributed by atoms with Crippen LogP contribution in [-0.2, 0) is 11.2 Å². The van der Waals surface area contributed by atoms with Gasteiger partial charge in [0.15, 0.2) is 11.5 Å². The molecule has 0 radical (unpaired) electrons. The van der Waals surface area contributed by atoms with Gasteiger partial charge in [0.25, 0.3) is 0 Å². The molecule has 0 unspecified atom stereocenters. The summed E-state index contributed by atoms with van der Waals surface area (Å²) in [5.74, 6) is 0.625. The number of esters is 1. The van der Waals surface area contributed by atoms with E-state index in [-0.39, 0.29) is 12.3 Å². The largest absolute Gasteiger partial charge is 0.493 e. The van der Waals surface area contributed by atoms with Crippen LogP contribution in [0, 0.1) is 0 Å². The highest BCUT2D eigenvalue weighted by Crippen LogP contribution is 2.28. The molecular weight excluding hydrogens is 396 g/mol. The zero-order valence-corrected chi connectivity index (χ0v) is 17.2. The Morgan fingerprint density at radius 1 is 0.903 bits per heavy atom. The summed E-state index contributed by atoms with van der Waals surface area (Å²) in [6, 6.07) is 21.0. The number of carbonyl (C=O) groups excluding carboxylic acids is 2. The highest BCUT2D eigenvalue weighted by atomic mass is 16.5. The van der Waals surface area contributed by atoms with Crippen LogP contribution >= 0.6 is 0 Å². The summed E-state index contributed by atoms with van der Waals surface area (Å²) in [6.45, 7) is 0. The Hall–Kier alpha value is -4.13. The van der Waals surface area contributed by atoms with Crippen molar-refractivity contribution in [1.29, 1.82) is 0 Å². The number of nitrogens with one attached hydrogen (secondary N) is 1. The van der Waals surface area contributed by atoms with E-state index in [0.717, 1.165) is 11.1 Å². The van der Waals surface area contributed by atoms with Crippen LogP contribution in [0.25, 0.3) is 0 Å². The molecule has 0 aliphatic rings. The Kier molecular flexibility index (Phi) is 7.37. The number of hydrazone groups is 1. The van der Waals surface area contributed by atoms with Crippen molar-refractivity contribution in [2.24, 2.45) is 5.10 Å². The minimum Gasteiger partial charge on any atom is -0.493 e. The summed E-state index contributed by atoms with van der Waals surface area (Å²) in [4.78, 5) is 24.3. The molecule has 7 heteroatoms. The zero-order valence-electron chi connectivity index (χ0n) is 17.2. The topological polar surface area (TPSA) is 86.2 Å². The summed E-state index contributed by atoms with van der Waals surface area (Å²) >= 11 is 0. The van der Waals surface area contributed by atoms with Crippen molar-refractivity contribution < 1.29 is 23.8 Å². The molecule has 0 saturated carbocycles. The van der Waals surface area contributed by atoms with Gasteiger partial charge in [-0.05, 0) is 53.6 Å². The van der Waals surface area contributed by atoms with E-state index >= 15 is 0 Å².